The Morgan fingerprint density at radius 2 is 2.15 bits per heavy atom. The van der Waals surface area contributed by atoms with E-state index < -0.39 is 0 Å². The van der Waals surface area contributed by atoms with Crippen LogP contribution in [-0.4, -0.2) is 43.4 Å². The van der Waals surface area contributed by atoms with Gasteiger partial charge in [0.1, 0.15) is 0 Å². The van der Waals surface area contributed by atoms with Crippen LogP contribution in [0.3, 0.4) is 0 Å². The third-order valence-corrected chi connectivity index (χ3v) is 4.31. The minimum absolute atomic E-state index is 0.0382. The smallest absolute Gasteiger partial charge is 0.224 e. The molecule has 0 aromatic rings. The van der Waals surface area contributed by atoms with E-state index in [1.807, 2.05) is 4.90 Å². The molecule has 20 heavy (non-hydrogen) atoms. The number of likely N-dealkylation sites (tertiary alicyclic amines) is 1. The Labute approximate surface area is 122 Å². The van der Waals surface area contributed by atoms with Crippen LogP contribution >= 0.6 is 0 Å². The lowest BCUT2D eigenvalue weighted by molar-refractivity contribution is -0.135. The van der Waals surface area contributed by atoms with Crippen LogP contribution in [-0.2, 0) is 9.59 Å². The number of piperidine rings is 1. The van der Waals surface area contributed by atoms with Crippen LogP contribution in [0, 0.1) is 11.8 Å². The van der Waals surface area contributed by atoms with E-state index >= 15 is 0 Å². The number of carbonyl (C=O) groups excluding carboxylic acids is 2. The van der Waals surface area contributed by atoms with Crippen molar-refractivity contribution in [2.75, 3.05) is 26.7 Å². The zero-order chi connectivity index (χ0) is 15.0. The molecule has 0 radical (unpaired) electrons. The van der Waals surface area contributed by atoms with Crippen molar-refractivity contribution in [3.05, 3.63) is 0 Å². The van der Waals surface area contributed by atoms with Gasteiger partial charge < -0.3 is 16.0 Å². The molecule has 1 aliphatic heterocycles. The predicted octanol–water partition coefficient (Wildman–Crippen LogP) is 1.13. The summed E-state index contributed by atoms with van der Waals surface area (Å²) in [4.78, 5) is 25.8. The molecule has 0 bridgehead atoms. The van der Waals surface area contributed by atoms with E-state index in [9.17, 15) is 9.59 Å². The van der Waals surface area contributed by atoms with Crippen molar-refractivity contribution < 1.29 is 9.59 Å². The SMILES string of the molecule is CCC(CCN)CCC(=O)N1CCCC(C(=O)NC)C1. The molecule has 0 spiro atoms. The molecule has 1 saturated heterocycles. The molecule has 1 rings (SSSR count). The summed E-state index contributed by atoms with van der Waals surface area (Å²) in [5.74, 6) is 0.748. The highest BCUT2D eigenvalue weighted by molar-refractivity contribution is 5.81. The lowest BCUT2D eigenvalue weighted by Crippen LogP contribution is -2.44. The van der Waals surface area contributed by atoms with Gasteiger partial charge in [-0.1, -0.05) is 13.3 Å². The van der Waals surface area contributed by atoms with E-state index in [1.165, 1.54) is 0 Å². The average molecular weight is 283 g/mol. The quantitative estimate of drug-likeness (QED) is 0.735. The van der Waals surface area contributed by atoms with Crippen LogP contribution in [0.15, 0.2) is 0 Å². The predicted molar refractivity (Wildman–Crippen MR) is 80.1 cm³/mol. The number of rotatable bonds is 7. The molecule has 0 saturated carbocycles. The van der Waals surface area contributed by atoms with E-state index in [-0.39, 0.29) is 17.7 Å². The zero-order valence-corrected chi connectivity index (χ0v) is 12.9. The molecule has 1 fully saturated rings. The molecule has 1 heterocycles. The zero-order valence-electron chi connectivity index (χ0n) is 12.9. The van der Waals surface area contributed by atoms with Crippen molar-refractivity contribution in [2.24, 2.45) is 17.6 Å². The standard InChI is InChI=1S/C15H29N3O2/c1-3-12(8-9-16)6-7-14(19)18-10-4-5-13(11-18)15(20)17-2/h12-13H,3-11,16H2,1-2H3,(H,17,20). The van der Waals surface area contributed by atoms with Gasteiger partial charge in [0, 0.05) is 26.6 Å². The van der Waals surface area contributed by atoms with Gasteiger partial charge in [-0.25, -0.2) is 0 Å². The number of hydrogen-bond acceptors (Lipinski definition) is 3. The fourth-order valence-corrected chi connectivity index (χ4v) is 2.90. The molecular formula is C15H29N3O2. The monoisotopic (exact) mass is 283 g/mol. The second kappa shape index (κ2) is 8.95. The lowest BCUT2D eigenvalue weighted by atomic mass is 9.94. The van der Waals surface area contributed by atoms with Gasteiger partial charge in [0.25, 0.3) is 0 Å². The van der Waals surface area contributed by atoms with Gasteiger partial charge in [0.2, 0.25) is 11.8 Å². The molecule has 2 unspecified atom stereocenters. The molecule has 0 aliphatic carbocycles. The minimum atomic E-state index is -0.0382. The summed E-state index contributed by atoms with van der Waals surface area (Å²) in [6.07, 6.45) is 5.36. The molecule has 2 atom stereocenters. The number of nitrogens with one attached hydrogen (secondary N) is 1. The maximum atomic E-state index is 12.2. The van der Waals surface area contributed by atoms with Crippen molar-refractivity contribution in [2.45, 2.75) is 45.4 Å². The molecule has 1 aliphatic rings. The van der Waals surface area contributed by atoms with Crippen LogP contribution in [0.5, 0.6) is 0 Å². The molecular weight excluding hydrogens is 254 g/mol. The normalized spacial score (nSPS) is 20.6. The molecule has 0 aromatic heterocycles. The van der Waals surface area contributed by atoms with Crippen molar-refractivity contribution in [1.82, 2.24) is 10.2 Å². The fraction of sp³-hybridized carbons (Fsp3) is 0.867. The molecule has 5 heteroatoms. The summed E-state index contributed by atoms with van der Waals surface area (Å²) >= 11 is 0. The van der Waals surface area contributed by atoms with Crippen molar-refractivity contribution >= 4 is 11.8 Å². The maximum absolute atomic E-state index is 12.2. The Balaban J connectivity index is 2.40. The molecule has 0 aromatic carbocycles. The van der Waals surface area contributed by atoms with Crippen LogP contribution in [0.25, 0.3) is 0 Å². The Kier molecular flexibility index (Phi) is 7.59. The summed E-state index contributed by atoms with van der Waals surface area (Å²) in [6, 6.07) is 0. The highest BCUT2D eigenvalue weighted by Crippen LogP contribution is 2.20. The number of nitrogens with two attached hydrogens (primary N) is 1. The summed E-state index contributed by atoms with van der Waals surface area (Å²) < 4.78 is 0. The first-order valence-corrected chi connectivity index (χ1v) is 7.81. The largest absolute Gasteiger partial charge is 0.359 e. The molecule has 5 nitrogen and oxygen atoms in total. The maximum Gasteiger partial charge on any atom is 0.224 e. The summed E-state index contributed by atoms with van der Waals surface area (Å²) in [5.41, 5.74) is 5.58. The third kappa shape index (κ3) is 5.12. The number of carbonyl (C=O) groups is 2. The Morgan fingerprint density at radius 3 is 2.75 bits per heavy atom. The first-order valence-electron chi connectivity index (χ1n) is 7.81. The third-order valence-electron chi connectivity index (χ3n) is 4.31. The van der Waals surface area contributed by atoms with E-state index in [1.54, 1.807) is 7.05 Å². The Bertz CT molecular complexity index is 320. The van der Waals surface area contributed by atoms with Gasteiger partial charge in [-0.3, -0.25) is 9.59 Å². The van der Waals surface area contributed by atoms with Gasteiger partial charge in [0.15, 0.2) is 0 Å². The second-order valence-electron chi connectivity index (χ2n) is 5.68. The van der Waals surface area contributed by atoms with Crippen molar-refractivity contribution in [1.29, 1.82) is 0 Å². The fourth-order valence-electron chi connectivity index (χ4n) is 2.90. The summed E-state index contributed by atoms with van der Waals surface area (Å²) in [5, 5.41) is 2.68. The van der Waals surface area contributed by atoms with Gasteiger partial charge in [0.05, 0.1) is 5.92 Å². The first kappa shape index (κ1) is 17.0. The van der Waals surface area contributed by atoms with Crippen LogP contribution in [0.4, 0.5) is 0 Å². The van der Waals surface area contributed by atoms with E-state index in [0.29, 0.717) is 25.4 Å². The van der Waals surface area contributed by atoms with Gasteiger partial charge in [-0.2, -0.15) is 0 Å². The second-order valence-corrected chi connectivity index (χ2v) is 5.68. The number of amides is 2. The summed E-state index contributed by atoms with van der Waals surface area (Å²) in [6.45, 7) is 4.20. The van der Waals surface area contributed by atoms with Crippen molar-refractivity contribution in [3.8, 4) is 0 Å². The van der Waals surface area contributed by atoms with Crippen molar-refractivity contribution in [3.63, 3.8) is 0 Å². The van der Waals surface area contributed by atoms with Crippen LogP contribution in [0.2, 0.25) is 0 Å². The first-order chi connectivity index (χ1) is 9.62. The number of nitrogens with zero attached hydrogens (tertiary/aromatic N) is 1. The van der Waals surface area contributed by atoms with Gasteiger partial charge >= 0.3 is 0 Å². The molecule has 2 amide bonds. The van der Waals surface area contributed by atoms with E-state index in [2.05, 4.69) is 12.2 Å². The highest BCUT2D eigenvalue weighted by atomic mass is 16.2. The van der Waals surface area contributed by atoms with Crippen LogP contribution in [0.1, 0.15) is 45.4 Å². The van der Waals surface area contributed by atoms with Gasteiger partial charge in [-0.05, 0) is 38.1 Å². The van der Waals surface area contributed by atoms with Gasteiger partial charge in [-0.15, -0.1) is 0 Å². The average Bonchev–Trinajstić information content (AvgIpc) is 2.50. The van der Waals surface area contributed by atoms with Crippen LogP contribution < -0.4 is 11.1 Å². The lowest BCUT2D eigenvalue weighted by Gasteiger charge is -2.32. The molecule has 3 N–H and O–H groups in total. The van der Waals surface area contributed by atoms with E-state index in [0.717, 1.165) is 38.6 Å². The van der Waals surface area contributed by atoms with E-state index in [4.69, 9.17) is 5.73 Å². The minimum Gasteiger partial charge on any atom is -0.359 e. The Morgan fingerprint density at radius 1 is 1.40 bits per heavy atom. The number of hydrogen-bond donors (Lipinski definition) is 2. The highest BCUT2D eigenvalue weighted by Gasteiger charge is 2.27. The molecule has 116 valence electrons. The Hall–Kier alpha value is -1.10. The summed E-state index contributed by atoms with van der Waals surface area (Å²) in [7, 11) is 1.65. The topological polar surface area (TPSA) is 75.4 Å².